The third kappa shape index (κ3) is 4.03. The maximum atomic E-state index is 12.7. The van der Waals surface area contributed by atoms with Crippen molar-refractivity contribution in [1.82, 2.24) is 10.2 Å². The van der Waals surface area contributed by atoms with E-state index < -0.39 is 4.92 Å². The van der Waals surface area contributed by atoms with Crippen LogP contribution < -0.4 is 10.1 Å². The number of hydrogen-bond donors (Lipinski definition) is 1. The van der Waals surface area contributed by atoms with Crippen LogP contribution in [0.5, 0.6) is 5.75 Å². The highest BCUT2D eigenvalue weighted by Gasteiger charge is 2.25. The molecule has 1 atom stereocenters. The molecule has 0 aliphatic carbocycles. The van der Waals surface area contributed by atoms with Crippen LogP contribution in [0.3, 0.4) is 0 Å². The number of ether oxygens (including phenoxy) is 1. The zero-order chi connectivity index (χ0) is 18.5. The number of amides is 1. The number of likely N-dealkylation sites (tertiary alicyclic amines) is 1. The van der Waals surface area contributed by atoms with Crippen LogP contribution in [0.25, 0.3) is 0 Å². The van der Waals surface area contributed by atoms with Gasteiger partial charge in [-0.05, 0) is 43.4 Å². The van der Waals surface area contributed by atoms with Gasteiger partial charge in [-0.2, -0.15) is 0 Å². The van der Waals surface area contributed by atoms with Gasteiger partial charge >= 0.3 is 0 Å². The van der Waals surface area contributed by atoms with Crippen molar-refractivity contribution >= 4 is 22.9 Å². The Kier molecular flexibility index (Phi) is 5.85. The number of nitrogens with one attached hydrogen (secondary N) is 1. The lowest BCUT2D eigenvalue weighted by Gasteiger charge is -2.27. The molecule has 1 aliphatic heterocycles. The topological polar surface area (TPSA) is 84.7 Å². The molecule has 2 aromatic rings. The normalized spacial score (nSPS) is 15.6. The average Bonchev–Trinajstić information content (AvgIpc) is 3.35. The Bertz CT molecular complexity index is 773. The van der Waals surface area contributed by atoms with Gasteiger partial charge < -0.3 is 10.1 Å². The molecule has 1 aromatic carbocycles. The van der Waals surface area contributed by atoms with Crippen molar-refractivity contribution in [3.63, 3.8) is 0 Å². The number of non-ortho nitro benzene ring substituents is 1. The van der Waals surface area contributed by atoms with E-state index in [9.17, 15) is 14.9 Å². The highest BCUT2D eigenvalue weighted by molar-refractivity contribution is 7.10. The molecule has 1 aliphatic rings. The Morgan fingerprint density at radius 1 is 1.38 bits per heavy atom. The molecule has 0 bridgehead atoms. The molecular formula is C18H21N3O4S. The van der Waals surface area contributed by atoms with Crippen molar-refractivity contribution in [2.45, 2.75) is 18.9 Å². The SMILES string of the molecule is COc1ccc([N+](=O)[O-])cc1C(=O)NCC(c1cccs1)N1CCCC1. The predicted octanol–water partition coefficient (Wildman–Crippen LogP) is 3.23. The summed E-state index contributed by atoms with van der Waals surface area (Å²) >= 11 is 1.67. The van der Waals surface area contributed by atoms with Gasteiger partial charge in [-0.15, -0.1) is 11.3 Å². The molecule has 8 heteroatoms. The molecule has 26 heavy (non-hydrogen) atoms. The second-order valence-electron chi connectivity index (χ2n) is 6.13. The Hall–Kier alpha value is -2.45. The maximum absolute atomic E-state index is 12.7. The zero-order valence-electron chi connectivity index (χ0n) is 14.5. The highest BCUT2D eigenvalue weighted by atomic mass is 32.1. The minimum Gasteiger partial charge on any atom is -0.496 e. The van der Waals surface area contributed by atoms with Crippen LogP contribution >= 0.6 is 11.3 Å². The molecule has 1 aromatic heterocycles. The zero-order valence-corrected chi connectivity index (χ0v) is 15.3. The van der Waals surface area contributed by atoms with Crippen LogP contribution in [0.1, 0.15) is 34.1 Å². The molecule has 2 heterocycles. The van der Waals surface area contributed by atoms with Crippen molar-refractivity contribution < 1.29 is 14.5 Å². The smallest absolute Gasteiger partial charge is 0.270 e. The Morgan fingerprint density at radius 2 is 2.15 bits per heavy atom. The monoisotopic (exact) mass is 375 g/mol. The van der Waals surface area contributed by atoms with Gasteiger partial charge in [0, 0.05) is 23.6 Å². The van der Waals surface area contributed by atoms with E-state index in [1.54, 1.807) is 11.3 Å². The number of benzene rings is 1. The van der Waals surface area contributed by atoms with E-state index >= 15 is 0 Å². The van der Waals surface area contributed by atoms with Crippen molar-refractivity contribution in [2.75, 3.05) is 26.7 Å². The second-order valence-corrected chi connectivity index (χ2v) is 7.11. The first kappa shape index (κ1) is 18.3. The van der Waals surface area contributed by atoms with Gasteiger partial charge in [-0.3, -0.25) is 19.8 Å². The Labute approximate surface area is 155 Å². The first-order chi connectivity index (χ1) is 12.6. The summed E-state index contributed by atoms with van der Waals surface area (Å²) in [5.74, 6) is -0.0479. The van der Waals surface area contributed by atoms with Gasteiger partial charge in [-0.1, -0.05) is 6.07 Å². The molecule has 1 saturated heterocycles. The summed E-state index contributed by atoms with van der Waals surface area (Å²) in [6, 6.07) is 8.23. The first-order valence-corrected chi connectivity index (χ1v) is 9.36. The largest absolute Gasteiger partial charge is 0.496 e. The first-order valence-electron chi connectivity index (χ1n) is 8.48. The van der Waals surface area contributed by atoms with Crippen molar-refractivity contribution in [3.8, 4) is 5.75 Å². The molecule has 138 valence electrons. The van der Waals surface area contributed by atoms with Crippen molar-refractivity contribution in [1.29, 1.82) is 0 Å². The predicted molar refractivity (Wildman–Crippen MR) is 99.8 cm³/mol. The van der Waals surface area contributed by atoms with Crippen LogP contribution in [0.4, 0.5) is 5.69 Å². The number of hydrogen-bond acceptors (Lipinski definition) is 6. The number of nitro benzene ring substituents is 1. The fourth-order valence-corrected chi connectivity index (χ4v) is 4.08. The van der Waals surface area contributed by atoms with E-state index in [0.717, 1.165) is 25.9 Å². The Morgan fingerprint density at radius 3 is 2.77 bits per heavy atom. The van der Waals surface area contributed by atoms with E-state index in [2.05, 4.69) is 16.3 Å². The molecule has 1 fully saturated rings. The quantitative estimate of drug-likeness (QED) is 0.593. The lowest BCUT2D eigenvalue weighted by atomic mass is 10.1. The van der Waals surface area contributed by atoms with E-state index in [1.165, 1.54) is 30.2 Å². The van der Waals surface area contributed by atoms with Crippen LogP contribution in [0.15, 0.2) is 35.7 Å². The number of carbonyl (C=O) groups is 1. The maximum Gasteiger partial charge on any atom is 0.270 e. The molecule has 0 spiro atoms. The van der Waals surface area contributed by atoms with Gasteiger partial charge in [0.25, 0.3) is 11.6 Å². The minimum absolute atomic E-state index is 0.117. The van der Waals surface area contributed by atoms with Gasteiger partial charge in [-0.25, -0.2) is 0 Å². The minimum atomic E-state index is -0.519. The summed E-state index contributed by atoms with van der Waals surface area (Å²) in [5, 5.41) is 16.0. The van der Waals surface area contributed by atoms with Gasteiger partial charge in [0.1, 0.15) is 5.75 Å². The fourth-order valence-electron chi connectivity index (χ4n) is 3.22. The van der Waals surface area contributed by atoms with E-state index in [-0.39, 0.29) is 23.2 Å². The highest BCUT2D eigenvalue weighted by Crippen LogP contribution is 2.28. The summed E-state index contributed by atoms with van der Waals surface area (Å²) in [5.41, 5.74) is 0.0401. The lowest BCUT2D eigenvalue weighted by molar-refractivity contribution is -0.384. The fraction of sp³-hybridized carbons (Fsp3) is 0.389. The standard InChI is InChI=1S/C18H21N3O4S/c1-25-16-7-6-13(21(23)24)11-14(16)18(22)19-12-15(17-5-4-10-26-17)20-8-2-3-9-20/h4-7,10-11,15H,2-3,8-9,12H2,1H3,(H,19,22). The molecule has 0 radical (unpaired) electrons. The Balaban J connectivity index is 1.76. The van der Waals surface area contributed by atoms with Crippen molar-refractivity contribution in [2.24, 2.45) is 0 Å². The number of carbonyl (C=O) groups excluding carboxylic acids is 1. The molecule has 1 amide bonds. The van der Waals surface area contributed by atoms with E-state index in [4.69, 9.17) is 4.74 Å². The van der Waals surface area contributed by atoms with Crippen molar-refractivity contribution in [3.05, 3.63) is 56.3 Å². The molecule has 0 saturated carbocycles. The molecule has 1 N–H and O–H groups in total. The van der Waals surface area contributed by atoms with Crippen LogP contribution in [0, 0.1) is 10.1 Å². The number of rotatable bonds is 7. The number of thiophene rings is 1. The molecule has 1 unspecified atom stereocenters. The number of nitrogens with zero attached hydrogens (tertiary/aromatic N) is 2. The van der Waals surface area contributed by atoms with Gasteiger partial charge in [0.2, 0.25) is 0 Å². The molecule has 7 nitrogen and oxygen atoms in total. The summed E-state index contributed by atoms with van der Waals surface area (Å²) in [6.07, 6.45) is 2.32. The summed E-state index contributed by atoms with van der Waals surface area (Å²) in [4.78, 5) is 26.7. The van der Waals surface area contributed by atoms with Gasteiger partial charge in [0.15, 0.2) is 0 Å². The van der Waals surface area contributed by atoms with Crippen LogP contribution in [-0.2, 0) is 0 Å². The summed E-state index contributed by atoms with van der Waals surface area (Å²) < 4.78 is 5.19. The molecular weight excluding hydrogens is 354 g/mol. The third-order valence-electron chi connectivity index (χ3n) is 4.55. The van der Waals surface area contributed by atoms with Crippen LogP contribution in [-0.4, -0.2) is 42.5 Å². The lowest BCUT2D eigenvalue weighted by Crippen LogP contribution is -2.36. The number of methoxy groups -OCH3 is 1. The number of nitro groups is 1. The third-order valence-corrected chi connectivity index (χ3v) is 5.52. The molecule has 3 rings (SSSR count). The average molecular weight is 375 g/mol. The van der Waals surface area contributed by atoms with E-state index in [0.29, 0.717) is 12.3 Å². The van der Waals surface area contributed by atoms with E-state index in [1.807, 2.05) is 11.4 Å². The van der Waals surface area contributed by atoms with Crippen LogP contribution in [0.2, 0.25) is 0 Å². The summed E-state index contributed by atoms with van der Waals surface area (Å²) in [6.45, 7) is 2.47. The summed E-state index contributed by atoms with van der Waals surface area (Å²) in [7, 11) is 1.44. The second kappa shape index (κ2) is 8.29. The van der Waals surface area contributed by atoms with Gasteiger partial charge in [0.05, 0.1) is 23.6 Å².